The number of rotatable bonds is 8. The van der Waals surface area contributed by atoms with Crippen molar-refractivity contribution in [2.24, 2.45) is 11.8 Å². The molecule has 2 aromatic heterocycles. The van der Waals surface area contributed by atoms with Gasteiger partial charge in [-0.05, 0) is 41.5 Å². The van der Waals surface area contributed by atoms with E-state index in [1.807, 2.05) is 6.07 Å². The average Bonchev–Trinajstić information content (AvgIpc) is 3.11. The Morgan fingerprint density at radius 1 is 0.971 bits per heavy atom. The third kappa shape index (κ3) is 5.89. The van der Waals surface area contributed by atoms with E-state index in [1.165, 1.54) is 11.1 Å². The molecular formula is C27H36N6O. The summed E-state index contributed by atoms with van der Waals surface area (Å²) in [7, 11) is 0. The highest BCUT2D eigenvalue weighted by Gasteiger charge is 2.28. The van der Waals surface area contributed by atoms with Crippen molar-refractivity contribution in [1.82, 2.24) is 30.0 Å². The Kier molecular flexibility index (Phi) is 7.73. The molecule has 0 radical (unpaired) electrons. The molecule has 180 valence electrons. The van der Waals surface area contributed by atoms with Gasteiger partial charge in [-0.15, -0.1) is 10.2 Å². The van der Waals surface area contributed by atoms with Crippen LogP contribution in [0.4, 0.5) is 0 Å². The number of hydrogen-bond donors (Lipinski definition) is 1. The minimum absolute atomic E-state index is 0.171. The van der Waals surface area contributed by atoms with E-state index in [-0.39, 0.29) is 17.9 Å². The maximum Gasteiger partial charge on any atom is 0.270 e. The molecule has 1 amide bonds. The number of pyridine rings is 1. The minimum Gasteiger partial charge on any atom is -0.340 e. The second kappa shape index (κ2) is 10.9. The molecule has 0 aliphatic carbocycles. The summed E-state index contributed by atoms with van der Waals surface area (Å²) in [5, 5.41) is 12.1. The Labute approximate surface area is 202 Å². The van der Waals surface area contributed by atoms with Crippen molar-refractivity contribution in [2.75, 3.05) is 13.1 Å². The van der Waals surface area contributed by atoms with Crippen LogP contribution in [0.5, 0.6) is 0 Å². The first-order valence-corrected chi connectivity index (χ1v) is 12.3. The molecule has 1 N–H and O–H groups in total. The van der Waals surface area contributed by atoms with E-state index in [9.17, 15) is 4.79 Å². The number of amides is 1. The van der Waals surface area contributed by atoms with E-state index in [1.54, 1.807) is 18.3 Å². The number of nitrogens with zero attached hydrogens (tertiary/aromatic N) is 5. The maximum absolute atomic E-state index is 12.8. The molecule has 0 spiro atoms. The number of benzene rings is 1. The van der Waals surface area contributed by atoms with E-state index < -0.39 is 0 Å². The normalized spacial score (nSPS) is 15.2. The van der Waals surface area contributed by atoms with Crippen LogP contribution < -0.4 is 5.32 Å². The van der Waals surface area contributed by atoms with Gasteiger partial charge in [-0.3, -0.25) is 14.7 Å². The van der Waals surface area contributed by atoms with Crippen LogP contribution >= 0.6 is 0 Å². The molecule has 0 saturated heterocycles. The summed E-state index contributed by atoms with van der Waals surface area (Å²) in [6, 6.07) is 14.2. The molecule has 1 aliphatic heterocycles. The van der Waals surface area contributed by atoms with Crippen LogP contribution in [0.15, 0.2) is 48.7 Å². The van der Waals surface area contributed by atoms with Gasteiger partial charge >= 0.3 is 0 Å². The highest BCUT2D eigenvalue weighted by Crippen LogP contribution is 2.23. The first-order chi connectivity index (χ1) is 16.4. The molecule has 34 heavy (non-hydrogen) atoms. The third-order valence-corrected chi connectivity index (χ3v) is 6.35. The second-order valence-electron chi connectivity index (χ2n) is 9.98. The summed E-state index contributed by atoms with van der Waals surface area (Å²) in [6.07, 6.45) is 3.60. The highest BCUT2D eigenvalue weighted by molar-refractivity contribution is 5.92. The summed E-state index contributed by atoms with van der Waals surface area (Å²) in [6.45, 7) is 12.3. The molecular weight excluding hydrogens is 424 g/mol. The molecule has 7 heteroatoms. The van der Waals surface area contributed by atoms with Gasteiger partial charge in [0.1, 0.15) is 11.5 Å². The molecule has 1 aliphatic rings. The van der Waals surface area contributed by atoms with Crippen molar-refractivity contribution in [3.63, 3.8) is 0 Å². The lowest BCUT2D eigenvalue weighted by atomic mass is 10.0. The van der Waals surface area contributed by atoms with Gasteiger partial charge in [0.2, 0.25) is 0 Å². The van der Waals surface area contributed by atoms with E-state index in [0.717, 1.165) is 50.7 Å². The van der Waals surface area contributed by atoms with Crippen molar-refractivity contribution in [2.45, 2.75) is 59.7 Å². The van der Waals surface area contributed by atoms with Gasteiger partial charge < -0.3 is 9.88 Å². The summed E-state index contributed by atoms with van der Waals surface area (Å²) in [5.41, 5.74) is 3.15. The van der Waals surface area contributed by atoms with E-state index in [4.69, 9.17) is 0 Å². The van der Waals surface area contributed by atoms with Gasteiger partial charge in [-0.1, -0.05) is 58.0 Å². The van der Waals surface area contributed by atoms with E-state index in [0.29, 0.717) is 11.6 Å². The van der Waals surface area contributed by atoms with Crippen LogP contribution in [0.25, 0.3) is 0 Å². The predicted octanol–water partition coefficient (Wildman–Crippen LogP) is 4.06. The van der Waals surface area contributed by atoms with Gasteiger partial charge in [0.15, 0.2) is 5.82 Å². The smallest absolute Gasteiger partial charge is 0.270 e. The van der Waals surface area contributed by atoms with Crippen LogP contribution in [0.3, 0.4) is 0 Å². The standard InChI is InChI=1S/C27H36N6O/c1-19(2)17-21-8-10-22(11-9-21)18-32-14-12-24-30-31-26(33(24)16-15-32)25(20(3)4)29-27(34)23-7-5-6-13-28-23/h5-11,13,19-20,25H,12,14-18H2,1-4H3,(H,29,34). The molecule has 1 aromatic carbocycles. The van der Waals surface area contributed by atoms with Crippen molar-refractivity contribution < 1.29 is 4.79 Å². The fourth-order valence-electron chi connectivity index (χ4n) is 4.53. The molecule has 1 unspecified atom stereocenters. The molecule has 0 fully saturated rings. The lowest BCUT2D eigenvalue weighted by Gasteiger charge is -2.23. The zero-order chi connectivity index (χ0) is 24.1. The fourth-order valence-corrected chi connectivity index (χ4v) is 4.53. The molecule has 1 atom stereocenters. The molecule has 7 nitrogen and oxygen atoms in total. The Morgan fingerprint density at radius 3 is 2.41 bits per heavy atom. The molecule has 3 heterocycles. The van der Waals surface area contributed by atoms with Gasteiger partial charge in [0.05, 0.1) is 6.04 Å². The number of fused-ring (bicyclic) bond motifs is 1. The van der Waals surface area contributed by atoms with Gasteiger partial charge in [-0.25, -0.2) is 0 Å². The monoisotopic (exact) mass is 460 g/mol. The summed E-state index contributed by atoms with van der Waals surface area (Å²) in [4.78, 5) is 19.5. The fraction of sp³-hybridized carbons (Fsp3) is 0.481. The number of carbonyl (C=O) groups is 1. The van der Waals surface area contributed by atoms with Crippen LogP contribution in [0.2, 0.25) is 0 Å². The summed E-state index contributed by atoms with van der Waals surface area (Å²) < 4.78 is 2.20. The van der Waals surface area contributed by atoms with Crippen LogP contribution in [-0.2, 0) is 25.9 Å². The molecule has 0 saturated carbocycles. The largest absolute Gasteiger partial charge is 0.340 e. The Hall–Kier alpha value is -3.06. The number of carbonyl (C=O) groups excluding carboxylic acids is 1. The van der Waals surface area contributed by atoms with Gasteiger partial charge in [0, 0.05) is 38.8 Å². The van der Waals surface area contributed by atoms with Crippen LogP contribution in [-0.4, -0.2) is 43.6 Å². The van der Waals surface area contributed by atoms with Gasteiger partial charge in [0.25, 0.3) is 5.91 Å². The second-order valence-corrected chi connectivity index (χ2v) is 9.98. The van der Waals surface area contributed by atoms with Gasteiger partial charge in [-0.2, -0.15) is 0 Å². The summed E-state index contributed by atoms with van der Waals surface area (Å²) >= 11 is 0. The predicted molar refractivity (Wildman–Crippen MR) is 133 cm³/mol. The van der Waals surface area contributed by atoms with Crippen molar-refractivity contribution >= 4 is 5.91 Å². The van der Waals surface area contributed by atoms with E-state index in [2.05, 4.69) is 81.9 Å². The zero-order valence-electron chi connectivity index (χ0n) is 20.7. The van der Waals surface area contributed by atoms with Crippen molar-refractivity contribution in [1.29, 1.82) is 0 Å². The van der Waals surface area contributed by atoms with E-state index >= 15 is 0 Å². The van der Waals surface area contributed by atoms with Crippen molar-refractivity contribution in [3.8, 4) is 0 Å². The van der Waals surface area contributed by atoms with Crippen LogP contribution in [0.1, 0.15) is 67.0 Å². The number of nitrogens with one attached hydrogen (secondary N) is 1. The summed E-state index contributed by atoms with van der Waals surface area (Å²) in [5.74, 6) is 2.47. The zero-order valence-corrected chi connectivity index (χ0v) is 20.7. The van der Waals surface area contributed by atoms with Crippen LogP contribution in [0, 0.1) is 11.8 Å². The third-order valence-electron chi connectivity index (χ3n) is 6.35. The average molecular weight is 461 g/mol. The lowest BCUT2D eigenvalue weighted by Crippen LogP contribution is -2.34. The SMILES string of the molecule is CC(C)Cc1ccc(CN2CCc3nnc(C(NC(=O)c4ccccn4)C(C)C)n3CC2)cc1. The minimum atomic E-state index is -0.226. The number of hydrogen-bond acceptors (Lipinski definition) is 5. The first kappa shape index (κ1) is 24.1. The lowest BCUT2D eigenvalue weighted by molar-refractivity contribution is 0.0916. The molecule has 4 rings (SSSR count). The molecule has 3 aromatic rings. The Bertz CT molecular complexity index is 1070. The first-order valence-electron chi connectivity index (χ1n) is 12.3. The quantitative estimate of drug-likeness (QED) is 0.549. The maximum atomic E-state index is 12.8. The number of aromatic nitrogens is 4. The Balaban J connectivity index is 1.43. The highest BCUT2D eigenvalue weighted by atomic mass is 16.2. The van der Waals surface area contributed by atoms with Crippen molar-refractivity contribution in [3.05, 3.63) is 77.1 Å². The molecule has 0 bridgehead atoms. The topological polar surface area (TPSA) is 75.9 Å². The Morgan fingerprint density at radius 2 is 1.74 bits per heavy atom.